The summed E-state index contributed by atoms with van der Waals surface area (Å²) in [4.78, 5) is 3.87. The Morgan fingerprint density at radius 3 is 2.68 bits per heavy atom. The van der Waals surface area contributed by atoms with Crippen molar-refractivity contribution in [2.45, 2.75) is 36.7 Å². The zero-order valence-corrected chi connectivity index (χ0v) is 12.7. The van der Waals surface area contributed by atoms with Crippen molar-refractivity contribution in [3.63, 3.8) is 0 Å². The van der Waals surface area contributed by atoms with Crippen molar-refractivity contribution >= 4 is 11.8 Å². The number of ether oxygens (including phenoxy) is 1. The third-order valence-corrected chi connectivity index (χ3v) is 4.90. The number of likely N-dealkylation sites (tertiary alicyclic amines) is 1. The lowest BCUT2D eigenvalue weighted by molar-refractivity contribution is 0.0954. The predicted molar refractivity (Wildman–Crippen MR) is 81.0 cm³/mol. The SMILES string of the molecule is CSc1ccc(OC2(C)CCN(CC3CC3)C2)cc1. The lowest BCUT2D eigenvalue weighted by Gasteiger charge is -2.26. The number of hydrogen-bond acceptors (Lipinski definition) is 3. The van der Waals surface area contributed by atoms with E-state index in [2.05, 4.69) is 42.3 Å². The van der Waals surface area contributed by atoms with E-state index in [0.29, 0.717) is 0 Å². The maximum atomic E-state index is 6.24. The molecule has 0 spiro atoms. The molecule has 0 bridgehead atoms. The van der Waals surface area contributed by atoms with E-state index in [1.807, 2.05) is 0 Å². The minimum atomic E-state index is -0.00420. The van der Waals surface area contributed by atoms with Crippen LogP contribution in [0.3, 0.4) is 0 Å². The molecule has 0 aromatic heterocycles. The van der Waals surface area contributed by atoms with E-state index >= 15 is 0 Å². The maximum Gasteiger partial charge on any atom is 0.120 e. The van der Waals surface area contributed by atoms with E-state index < -0.39 is 0 Å². The van der Waals surface area contributed by atoms with Crippen LogP contribution in [0.25, 0.3) is 0 Å². The summed E-state index contributed by atoms with van der Waals surface area (Å²) in [5.74, 6) is 1.98. The molecule has 1 unspecified atom stereocenters. The zero-order valence-electron chi connectivity index (χ0n) is 11.9. The van der Waals surface area contributed by atoms with Gasteiger partial charge in [-0.1, -0.05) is 0 Å². The summed E-state index contributed by atoms with van der Waals surface area (Å²) < 4.78 is 6.24. The van der Waals surface area contributed by atoms with Crippen molar-refractivity contribution in [2.24, 2.45) is 5.92 Å². The molecule has 2 fully saturated rings. The highest BCUT2D eigenvalue weighted by Crippen LogP contribution is 2.34. The summed E-state index contributed by atoms with van der Waals surface area (Å²) in [7, 11) is 0. The highest BCUT2D eigenvalue weighted by atomic mass is 32.2. The maximum absolute atomic E-state index is 6.24. The standard InChI is InChI=1S/C16H23NOS/c1-16(9-10-17(12-16)11-13-3-4-13)18-14-5-7-15(19-2)8-6-14/h5-8,13H,3-4,9-12H2,1-2H3. The third-order valence-electron chi connectivity index (χ3n) is 4.15. The highest BCUT2D eigenvalue weighted by Gasteiger charge is 2.37. The average molecular weight is 277 g/mol. The summed E-state index contributed by atoms with van der Waals surface area (Å²) in [6.45, 7) is 5.80. The smallest absolute Gasteiger partial charge is 0.120 e. The molecule has 1 atom stereocenters. The first-order valence-corrected chi connectivity index (χ1v) is 8.45. The molecular weight excluding hydrogens is 254 g/mol. The van der Waals surface area contributed by atoms with Crippen LogP contribution in [-0.4, -0.2) is 36.4 Å². The van der Waals surface area contributed by atoms with Gasteiger partial charge in [0.1, 0.15) is 11.4 Å². The molecule has 1 saturated carbocycles. The van der Waals surface area contributed by atoms with Gasteiger partial charge in [0.05, 0.1) is 0 Å². The monoisotopic (exact) mass is 277 g/mol. The number of nitrogens with zero attached hydrogens (tertiary/aromatic N) is 1. The van der Waals surface area contributed by atoms with E-state index in [0.717, 1.165) is 24.6 Å². The third kappa shape index (κ3) is 3.46. The van der Waals surface area contributed by atoms with Crippen LogP contribution in [0.5, 0.6) is 5.75 Å². The van der Waals surface area contributed by atoms with Crippen LogP contribution >= 0.6 is 11.8 Å². The lowest BCUT2D eigenvalue weighted by Crippen LogP contribution is -2.36. The van der Waals surface area contributed by atoms with Gasteiger partial charge in [-0.2, -0.15) is 0 Å². The summed E-state index contributed by atoms with van der Waals surface area (Å²) in [6, 6.07) is 8.47. The van der Waals surface area contributed by atoms with E-state index in [1.165, 1.54) is 30.8 Å². The molecule has 3 heteroatoms. The molecule has 1 aliphatic carbocycles. The summed E-state index contributed by atoms with van der Waals surface area (Å²) in [5.41, 5.74) is -0.00420. The topological polar surface area (TPSA) is 12.5 Å². The second kappa shape index (κ2) is 5.37. The Hall–Kier alpha value is -0.670. The number of thioether (sulfide) groups is 1. The molecule has 0 radical (unpaired) electrons. The minimum Gasteiger partial charge on any atom is -0.486 e. The van der Waals surface area contributed by atoms with Crippen LogP contribution in [0, 0.1) is 5.92 Å². The van der Waals surface area contributed by atoms with Gasteiger partial charge < -0.3 is 4.74 Å². The van der Waals surface area contributed by atoms with Crippen molar-refractivity contribution in [2.75, 3.05) is 25.9 Å². The first-order valence-electron chi connectivity index (χ1n) is 7.22. The second-order valence-corrected chi connectivity index (χ2v) is 7.04. The Bertz CT molecular complexity index is 429. The van der Waals surface area contributed by atoms with Gasteiger partial charge in [-0.15, -0.1) is 11.8 Å². The molecule has 1 aromatic rings. The Balaban J connectivity index is 1.58. The molecule has 3 rings (SSSR count). The molecule has 104 valence electrons. The molecule has 2 nitrogen and oxygen atoms in total. The molecule has 0 N–H and O–H groups in total. The first kappa shape index (κ1) is 13.3. The van der Waals surface area contributed by atoms with E-state index in [1.54, 1.807) is 11.8 Å². The van der Waals surface area contributed by atoms with Crippen LogP contribution < -0.4 is 4.74 Å². The Morgan fingerprint density at radius 2 is 2.05 bits per heavy atom. The van der Waals surface area contributed by atoms with Gasteiger partial charge >= 0.3 is 0 Å². The molecule has 1 aromatic carbocycles. The Morgan fingerprint density at radius 1 is 1.32 bits per heavy atom. The van der Waals surface area contributed by atoms with Crippen LogP contribution in [0.1, 0.15) is 26.2 Å². The average Bonchev–Trinajstić information content (AvgIpc) is 3.14. The molecule has 1 saturated heterocycles. The molecule has 1 heterocycles. The van der Waals surface area contributed by atoms with Gasteiger partial charge in [-0.25, -0.2) is 0 Å². The second-order valence-electron chi connectivity index (χ2n) is 6.16. The first-order chi connectivity index (χ1) is 9.17. The quantitative estimate of drug-likeness (QED) is 0.762. The molecule has 1 aliphatic heterocycles. The largest absolute Gasteiger partial charge is 0.486 e. The Labute approximate surface area is 120 Å². The molecule has 19 heavy (non-hydrogen) atoms. The lowest BCUT2D eigenvalue weighted by atomic mass is 10.1. The zero-order chi connectivity index (χ0) is 13.3. The molecule has 0 amide bonds. The van der Waals surface area contributed by atoms with Gasteiger partial charge in [-0.3, -0.25) is 4.90 Å². The normalized spacial score (nSPS) is 27.7. The van der Waals surface area contributed by atoms with Gasteiger partial charge in [0, 0.05) is 31.0 Å². The van der Waals surface area contributed by atoms with Crippen LogP contribution in [0.15, 0.2) is 29.2 Å². The van der Waals surface area contributed by atoms with Gasteiger partial charge in [-0.05, 0) is 56.2 Å². The number of benzene rings is 1. The Kier molecular flexibility index (Phi) is 3.77. The van der Waals surface area contributed by atoms with Crippen molar-refractivity contribution in [1.82, 2.24) is 4.90 Å². The van der Waals surface area contributed by atoms with Crippen molar-refractivity contribution in [1.29, 1.82) is 0 Å². The van der Waals surface area contributed by atoms with Crippen LogP contribution in [0.4, 0.5) is 0 Å². The van der Waals surface area contributed by atoms with E-state index in [9.17, 15) is 0 Å². The number of rotatable bonds is 5. The predicted octanol–water partition coefficient (Wildman–Crippen LogP) is 3.66. The fourth-order valence-corrected chi connectivity index (χ4v) is 3.27. The van der Waals surface area contributed by atoms with E-state index in [-0.39, 0.29) is 5.60 Å². The molecule has 2 aliphatic rings. The molecular formula is C16H23NOS. The van der Waals surface area contributed by atoms with Crippen LogP contribution in [-0.2, 0) is 0 Å². The summed E-state index contributed by atoms with van der Waals surface area (Å²) in [5, 5.41) is 0. The van der Waals surface area contributed by atoms with Crippen molar-refractivity contribution in [3.05, 3.63) is 24.3 Å². The van der Waals surface area contributed by atoms with Crippen molar-refractivity contribution < 1.29 is 4.74 Å². The van der Waals surface area contributed by atoms with Gasteiger partial charge in [0.15, 0.2) is 0 Å². The van der Waals surface area contributed by atoms with Gasteiger partial charge in [0.25, 0.3) is 0 Å². The number of hydrogen-bond donors (Lipinski definition) is 0. The fraction of sp³-hybridized carbons (Fsp3) is 0.625. The fourth-order valence-electron chi connectivity index (χ4n) is 2.86. The van der Waals surface area contributed by atoms with Crippen molar-refractivity contribution in [3.8, 4) is 5.75 Å². The summed E-state index contributed by atoms with van der Waals surface area (Å²) in [6.07, 6.45) is 6.11. The van der Waals surface area contributed by atoms with Crippen LogP contribution in [0.2, 0.25) is 0 Å². The summed E-state index contributed by atoms with van der Waals surface area (Å²) >= 11 is 1.77. The van der Waals surface area contributed by atoms with E-state index in [4.69, 9.17) is 4.74 Å². The minimum absolute atomic E-state index is 0.00420. The van der Waals surface area contributed by atoms with Gasteiger partial charge in [0.2, 0.25) is 0 Å². The highest BCUT2D eigenvalue weighted by molar-refractivity contribution is 7.98.